The molecule has 1 aromatic heterocycles. The van der Waals surface area contributed by atoms with Crippen LogP contribution in [-0.4, -0.2) is 9.55 Å². The first kappa shape index (κ1) is 14.0. The number of hydrogen-bond donors (Lipinski definition) is 0. The fourth-order valence-electron chi connectivity index (χ4n) is 3.37. The molecule has 0 aliphatic heterocycles. The van der Waals surface area contributed by atoms with Gasteiger partial charge in [-0.05, 0) is 52.2 Å². The van der Waals surface area contributed by atoms with Gasteiger partial charge in [0.05, 0.1) is 11.0 Å². The summed E-state index contributed by atoms with van der Waals surface area (Å²) in [6, 6.07) is 31.9. The lowest BCUT2D eigenvalue weighted by Crippen LogP contribution is -1.92. The van der Waals surface area contributed by atoms with Gasteiger partial charge >= 0.3 is 0 Å². The van der Waals surface area contributed by atoms with Crippen LogP contribution in [0.25, 0.3) is 38.6 Å². The van der Waals surface area contributed by atoms with Crippen LogP contribution in [0, 0.1) is 0 Å². The highest BCUT2D eigenvalue weighted by atomic mass is 15.0. The SMILES string of the molecule is c1cc(-c2ccc3ccccc3c2)cc(-n2cnc3ccccc32)c1. The van der Waals surface area contributed by atoms with Crippen molar-refractivity contribution in [1.29, 1.82) is 0 Å². The van der Waals surface area contributed by atoms with Crippen LogP contribution in [0.3, 0.4) is 0 Å². The fraction of sp³-hybridized carbons (Fsp3) is 0. The lowest BCUT2D eigenvalue weighted by atomic mass is 10.0. The van der Waals surface area contributed by atoms with E-state index in [-0.39, 0.29) is 0 Å². The van der Waals surface area contributed by atoms with E-state index in [4.69, 9.17) is 0 Å². The summed E-state index contributed by atoms with van der Waals surface area (Å²) in [6.07, 6.45) is 1.89. The van der Waals surface area contributed by atoms with E-state index < -0.39 is 0 Å². The standard InChI is InChI=1S/C23H16N2/c1-2-7-18-14-20(13-12-17(18)6-1)19-8-5-9-21(15-19)25-16-24-22-10-3-4-11-23(22)25/h1-16H. The van der Waals surface area contributed by atoms with Crippen LogP contribution in [-0.2, 0) is 0 Å². The van der Waals surface area contributed by atoms with Gasteiger partial charge in [-0.25, -0.2) is 4.98 Å². The maximum absolute atomic E-state index is 4.50. The van der Waals surface area contributed by atoms with Crippen molar-refractivity contribution in [3.05, 3.63) is 97.3 Å². The minimum absolute atomic E-state index is 1.01. The Kier molecular flexibility index (Phi) is 3.14. The number of nitrogens with zero attached hydrogens (tertiary/aromatic N) is 2. The van der Waals surface area contributed by atoms with Crippen LogP contribution in [0.5, 0.6) is 0 Å². The third-order valence-corrected chi connectivity index (χ3v) is 4.66. The molecule has 25 heavy (non-hydrogen) atoms. The molecular formula is C23H16N2. The second kappa shape index (κ2) is 5.60. The van der Waals surface area contributed by atoms with Crippen molar-refractivity contribution in [3.63, 3.8) is 0 Å². The highest BCUT2D eigenvalue weighted by Gasteiger charge is 2.06. The molecule has 2 nitrogen and oxygen atoms in total. The predicted molar refractivity (Wildman–Crippen MR) is 104 cm³/mol. The highest BCUT2D eigenvalue weighted by Crippen LogP contribution is 2.27. The molecule has 0 fully saturated rings. The molecule has 0 amide bonds. The van der Waals surface area contributed by atoms with Gasteiger partial charge in [-0.2, -0.15) is 0 Å². The summed E-state index contributed by atoms with van der Waals surface area (Å²) in [5.74, 6) is 0. The van der Waals surface area contributed by atoms with E-state index in [0.29, 0.717) is 0 Å². The van der Waals surface area contributed by atoms with Crippen LogP contribution in [0.1, 0.15) is 0 Å². The molecule has 2 heteroatoms. The molecular weight excluding hydrogens is 304 g/mol. The zero-order valence-electron chi connectivity index (χ0n) is 13.6. The number of rotatable bonds is 2. The summed E-state index contributed by atoms with van der Waals surface area (Å²) >= 11 is 0. The molecule has 5 aromatic rings. The van der Waals surface area contributed by atoms with Crippen LogP contribution < -0.4 is 0 Å². The summed E-state index contributed by atoms with van der Waals surface area (Å²) in [4.78, 5) is 4.50. The van der Waals surface area contributed by atoms with E-state index in [1.807, 2.05) is 24.5 Å². The predicted octanol–water partition coefficient (Wildman–Crippen LogP) is 5.85. The lowest BCUT2D eigenvalue weighted by Gasteiger charge is -2.09. The monoisotopic (exact) mass is 320 g/mol. The Morgan fingerprint density at radius 1 is 0.600 bits per heavy atom. The fourth-order valence-corrected chi connectivity index (χ4v) is 3.37. The van der Waals surface area contributed by atoms with Gasteiger partial charge in [0.15, 0.2) is 0 Å². The Balaban J connectivity index is 1.65. The summed E-state index contributed by atoms with van der Waals surface area (Å²) < 4.78 is 2.14. The summed E-state index contributed by atoms with van der Waals surface area (Å²) in [6.45, 7) is 0. The maximum atomic E-state index is 4.50. The van der Waals surface area contributed by atoms with Crippen molar-refractivity contribution in [3.8, 4) is 16.8 Å². The molecule has 0 atom stereocenters. The Bertz CT molecular complexity index is 1200. The van der Waals surface area contributed by atoms with E-state index in [1.165, 1.54) is 21.9 Å². The second-order valence-corrected chi connectivity index (χ2v) is 6.22. The second-order valence-electron chi connectivity index (χ2n) is 6.22. The molecule has 0 saturated heterocycles. The topological polar surface area (TPSA) is 17.8 Å². The first-order valence-corrected chi connectivity index (χ1v) is 8.40. The molecule has 118 valence electrons. The van der Waals surface area contributed by atoms with Crippen molar-refractivity contribution < 1.29 is 0 Å². The number of hydrogen-bond acceptors (Lipinski definition) is 1. The molecule has 0 radical (unpaired) electrons. The zero-order chi connectivity index (χ0) is 16.6. The first-order valence-electron chi connectivity index (χ1n) is 8.40. The van der Waals surface area contributed by atoms with Crippen LogP contribution >= 0.6 is 0 Å². The van der Waals surface area contributed by atoms with Crippen molar-refractivity contribution in [2.45, 2.75) is 0 Å². The quantitative estimate of drug-likeness (QED) is 0.399. The molecule has 0 unspecified atom stereocenters. The third kappa shape index (κ3) is 2.39. The van der Waals surface area contributed by atoms with Gasteiger partial charge in [0, 0.05) is 5.69 Å². The van der Waals surface area contributed by atoms with Gasteiger partial charge in [0.25, 0.3) is 0 Å². The molecule has 4 aromatic carbocycles. The number of benzene rings is 4. The normalized spacial score (nSPS) is 11.2. The molecule has 0 aliphatic rings. The number of para-hydroxylation sites is 2. The summed E-state index contributed by atoms with van der Waals surface area (Å²) in [5.41, 5.74) is 5.70. The average molecular weight is 320 g/mol. The largest absolute Gasteiger partial charge is 0.299 e. The number of aromatic nitrogens is 2. The lowest BCUT2D eigenvalue weighted by molar-refractivity contribution is 1.09. The molecule has 5 rings (SSSR count). The number of fused-ring (bicyclic) bond motifs is 2. The van der Waals surface area contributed by atoms with Crippen LogP contribution in [0.2, 0.25) is 0 Å². The Morgan fingerprint density at radius 3 is 2.36 bits per heavy atom. The van der Waals surface area contributed by atoms with Crippen molar-refractivity contribution in [1.82, 2.24) is 9.55 Å². The maximum Gasteiger partial charge on any atom is 0.100 e. The van der Waals surface area contributed by atoms with Gasteiger partial charge in [-0.3, -0.25) is 4.57 Å². The molecule has 0 spiro atoms. The summed E-state index contributed by atoms with van der Waals surface area (Å²) in [7, 11) is 0. The van der Waals surface area contributed by atoms with Gasteiger partial charge in [-0.1, -0.05) is 60.7 Å². The molecule has 1 heterocycles. The van der Waals surface area contributed by atoms with Crippen molar-refractivity contribution in [2.75, 3.05) is 0 Å². The van der Waals surface area contributed by atoms with Gasteiger partial charge < -0.3 is 0 Å². The minimum Gasteiger partial charge on any atom is -0.299 e. The van der Waals surface area contributed by atoms with Crippen molar-refractivity contribution >= 4 is 21.8 Å². The Hall–Kier alpha value is -3.39. The third-order valence-electron chi connectivity index (χ3n) is 4.66. The average Bonchev–Trinajstić information content (AvgIpc) is 3.12. The van der Waals surface area contributed by atoms with E-state index in [0.717, 1.165) is 16.7 Å². The van der Waals surface area contributed by atoms with Gasteiger partial charge in [0.2, 0.25) is 0 Å². The smallest absolute Gasteiger partial charge is 0.100 e. The van der Waals surface area contributed by atoms with Crippen molar-refractivity contribution in [2.24, 2.45) is 0 Å². The minimum atomic E-state index is 1.01. The van der Waals surface area contributed by atoms with E-state index in [1.54, 1.807) is 0 Å². The Labute approximate surface area is 146 Å². The van der Waals surface area contributed by atoms with Crippen LogP contribution in [0.15, 0.2) is 97.3 Å². The van der Waals surface area contributed by atoms with E-state index in [2.05, 4.69) is 82.3 Å². The van der Waals surface area contributed by atoms with E-state index >= 15 is 0 Å². The van der Waals surface area contributed by atoms with Crippen LogP contribution in [0.4, 0.5) is 0 Å². The zero-order valence-corrected chi connectivity index (χ0v) is 13.6. The van der Waals surface area contributed by atoms with Gasteiger partial charge in [-0.15, -0.1) is 0 Å². The molecule has 0 saturated carbocycles. The molecule has 0 aliphatic carbocycles. The van der Waals surface area contributed by atoms with E-state index in [9.17, 15) is 0 Å². The molecule has 0 bridgehead atoms. The van der Waals surface area contributed by atoms with Gasteiger partial charge in [0.1, 0.15) is 6.33 Å². The highest BCUT2D eigenvalue weighted by molar-refractivity contribution is 5.87. The summed E-state index contributed by atoms with van der Waals surface area (Å²) in [5, 5.41) is 2.53. The Morgan fingerprint density at radius 2 is 1.40 bits per heavy atom. The first-order chi connectivity index (χ1) is 12.4. The molecule has 0 N–H and O–H groups in total. The number of imidazole rings is 1.